The zero-order chi connectivity index (χ0) is 14.3. The summed E-state index contributed by atoms with van der Waals surface area (Å²) in [6.45, 7) is 4.91. The minimum atomic E-state index is -0.0261. The summed E-state index contributed by atoms with van der Waals surface area (Å²) in [7, 11) is 4.13. The Kier molecular flexibility index (Phi) is 6.34. The maximum absolute atomic E-state index is 9.23. The molecule has 1 aromatic carbocycles. The van der Waals surface area contributed by atoms with Gasteiger partial charge in [0.2, 0.25) is 0 Å². The van der Waals surface area contributed by atoms with E-state index in [0.29, 0.717) is 5.56 Å². The van der Waals surface area contributed by atoms with E-state index in [4.69, 9.17) is 5.11 Å². The molecular weight excluding hydrogens is 238 g/mol. The fraction of sp³-hybridized carbons (Fsp3) is 0.533. The van der Waals surface area contributed by atoms with E-state index >= 15 is 0 Å². The van der Waals surface area contributed by atoms with Gasteiger partial charge in [0.05, 0.1) is 17.9 Å². The van der Waals surface area contributed by atoms with Gasteiger partial charge in [-0.1, -0.05) is 6.07 Å². The molecule has 1 N–H and O–H groups in total. The number of hydrogen-bond acceptors (Lipinski definition) is 4. The lowest BCUT2D eigenvalue weighted by Crippen LogP contribution is -2.27. The summed E-state index contributed by atoms with van der Waals surface area (Å²) in [6.07, 6.45) is 1.06. The van der Waals surface area contributed by atoms with Crippen molar-refractivity contribution < 1.29 is 5.11 Å². The molecule has 0 spiro atoms. The quantitative estimate of drug-likeness (QED) is 0.813. The van der Waals surface area contributed by atoms with Gasteiger partial charge in [0.15, 0.2) is 0 Å². The minimum absolute atomic E-state index is 0.0261. The molecule has 0 saturated heterocycles. The lowest BCUT2D eigenvalue weighted by atomic mass is 10.1. The third-order valence-electron chi connectivity index (χ3n) is 3.12. The number of nitrogens with zero attached hydrogens (tertiary/aromatic N) is 3. The molecule has 0 radical (unpaired) electrons. The maximum atomic E-state index is 9.23. The predicted molar refractivity (Wildman–Crippen MR) is 78.1 cm³/mol. The normalized spacial score (nSPS) is 10.5. The summed E-state index contributed by atoms with van der Waals surface area (Å²) in [5.41, 5.74) is 2.38. The van der Waals surface area contributed by atoms with Gasteiger partial charge in [0.25, 0.3) is 0 Å². The van der Waals surface area contributed by atoms with Crippen LogP contribution in [0.15, 0.2) is 18.2 Å². The third kappa shape index (κ3) is 4.55. The van der Waals surface area contributed by atoms with Crippen molar-refractivity contribution in [3.63, 3.8) is 0 Å². The van der Waals surface area contributed by atoms with Crippen LogP contribution >= 0.6 is 0 Å². The van der Waals surface area contributed by atoms with Crippen molar-refractivity contribution in [3.8, 4) is 6.07 Å². The fourth-order valence-corrected chi connectivity index (χ4v) is 2.07. The summed E-state index contributed by atoms with van der Waals surface area (Å²) in [6, 6.07) is 7.80. The van der Waals surface area contributed by atoms with Crippen LogP contribution in [0.2, 0.25) is 0 Å². The van der Waals surface area contributed by atoms with Crippen molar-refractivity contribution >= 4 is 5.69 Å². The van der Waals surface area contributed by atoms with Crippen LogP contribution in [0.5, 0.6) is 0 Å². The monoisotopic (exact) mass is 261 g/mol. The van der Waals surface area contributed by atoms with E-state index in [2.05, 4.69) is 36.9 Å². The molecule has 104 valence electrons. The van der Waals surface area contributed by atoms with Crippen molar-refractivity contribution in [1.82, 2.24) is 4.90 Å². The highest BCUT2D eigenvalue weighted by atomic mass is 16.3. The zero-order valence-corrected chi connectivity index (χ0v) is 12.1. The average Bonchev–Trinajstić information content (AvgIpc) is 2.42. The highest BCUT2D eigenvalue weighted by molar-refractivity contribution is 5.60. The molecule has 4 nitrogen and oxygen atoms in total. The number of nitriles is 1. The van der Waals surface area contributed by atoms with Gasteiger partial charge in [-0.25, -0.2) is 0 Å². The molecule has 4 heteroatoms. The Hall–Kier alpha value is -1.57. The molecule has 0 aliphatic carbocycles. The van der Waals surface area contributed by atoms with Crippen LogP contribution in [-0.2, 0) is 6.61 Å². The highest BCUT2D eigenvalue weighted by Gasteiger charge is 2.10. The number of hydrogen-bond donors (Lipinski definition) is 1. The number of rotatable bonds is 7. The second-order valence-electron chi connectivity index (χ2n) is 4.86. The average molecular weight is 261 g/mol. The van der Waals surface area contributed by atoms with E-state index in [-0.39, 0.29) is 6.61 Å². The minimum Gasteiger partial charge on any atom is -0.392 e. The molecule has 0 heterocycles. The van der Waals surface area contributed by atoms with Crippen LogP contribution in [0.25, 0.3) is 0 Å². The first-order chi connectivity index (χ1) is 9.12. The zero-order valence-electron chi connectivity index (χ0n) is 12.1. The number of aliphatic hydroxyl groups is 1. The molecule has 1 rings (SSSR count). The van der Waals surface area contributed by atoms with E-state index < -0.39 is 0 Å². The van der Waals surface area contributed by atoms with Crippen LogP contribution in [0.3, 0.4) is 0 Å². The first-order valence-corrected chi connectivity index (χ1v) is 6.66. The Morgan fingerprint density at radius 3 is 2.53 bits per heavy atom. The van der Waals surface area contributed by atoms with Gasteiger partial charge in [-0.3, -0.25) is 0 Å². The van der Waals surface area contributed by atoms with Crippen LogP contribution in [0.4, 0.5) is 5.69 Å². The molecule has 0 unspecified atom stereocenters. The van der Waals surface area contributed by atoms with Crippen LogP contribution in [-0.4, -0.2) is 43.7 Å². The highest BCUT2D eigenvalue weighted by Crippen LogP contribution is 2.21. The van der Waals surface area contributed by atoms with E-state index in [0.717, 1.165) is 37.3 Å². The van der Waals surface area contributed by atoms with Gasteiger partial charge in [-0.2, -0.15) is 5.26 Å². The van der Waals surface area contributed by atoms with E-state index in [9.17, 15) is 5.26 Å². The second-order valence-corrected chi connectivity index (χ2v) is 4.86. The number of anilines is 1. The summed E-state index contributed by atoms with van der Waals surface area (Å²) >= 11 is 0. The van der Waals surface area contributed by atoms with Crippen LogP contribution in [0, 0.1) is 11.3 Å². The predicted octanol–water partition coefficient (Wildman–Crippen LogP) is 1.83. The van der Waals surface area contributed by atoms with Gasteiger partial charge >= 0.3 is 0 Å². The molecule has 0 aliphatic rings. The molecule has 0 aromatic heterocycles. The topological polar surface area (TPSA) is 50.5 Å². The Balaban J connectivity index is 2.83. The largest absolute Gasteiger partial charge is 0.392 e. The lowest BCUT2D eigenvalue weighted by molar-refractivity contribution is 0.282. The number of aliphatic hydroxyl groups excluding tert-OH is 1. The summed E-state index contributed by atoms with van der Waals surface area (Å²) < 4.78 is 0. The fourth-order valence-electron chi connectivity index (χ4n) is 2.07. The molecule has 0 aliphatic heterocycles. The molecule has 0 saturated carbocycles. The molecule has 0 bridgehead atoms. The summed E-state index contributed by atoms with van der Waals surface area (Å²) in [5, 5.41) is 18.3. The first-order valence-electron chi connectivity index (χ1n) is 6.66. The molecule has 0 amide bonds. The maximum Gasteiger partial charge on any atom is 0.101 e. The molecule has 19 heavy (non-hydrogen) atoms. The van der Waals surface area contributed by atoms with Crippen molar-refractivity contribution in [2.24, 2.45) is 0 Å². The van der Waals surface area contributed by atoms with Gasteiger partial charge in [-0.15, -0.1) is 0 Å². The Bertz CT molecular complexity index is 438. The van der Waals surface area contributed by atoms with Gasteiger partial charge in [-0.05, 0) is 51.7 Å². The SMILES string of the molecule is CCN(CCCN(C)C)c1ccc(CO)cc1C#N. The van der Waals surface area contributed by atoms with Crippen LogP contribution < -0.4 is 4.90 Å². The molecule has 0 fully saturated rings. The van der Waals surface area contributed by atoms with E-state index in [1.165, 1.54) is 0 Å². The first kappa shape index (κ1) is 15.5. The van der Waals surface area contributed by atoms with Gasteiger partial charge in [0, 0.05) is 13.1 Å². The Labute approximate surface area is 115 Å². The molecule has 0 atom stereocenters. The van der Waals surface area contributed by atoms with Crippen molar-refractivity contribution in [2.75, 3.05) is 38.6 Å². The molecule has 1 aromatic rings. The Morgan fingerprint density at radius 1 is 1.26 bits per heavy atom. The third-order valence-corrected chi connectivity index (χ3v) is 3.12. The lowest BCUT2D eigenvalue weighted by Gasteiger charge is -2.25. The van der Waals surface area contributed by atoms with Crippen molar-refractivity contribution in [3.05, 3.63) is 29.3 Å². The van der Waals surface area contributed by atoms with Gasteiger partial charge < -0.3 is 14.9 Å². The molecular formula is C15H23N3O. The number of benzene rings is 1. The Morgan fingerprint density at radius 2 is 2.00 bits per heavy atom. The summed E-state index contributed by atoms with van der Waals surface area (Å²) in [5.74, 6) is 0. The van der Waals surface area contributed by atoms with Gasteiger partial charge in [0.1, 0.15) is 6.07 Å². The van der Waals surface area contributed by atoms with Crippen molar-refractivity contribution in [1.29, 1.82) is 5.26 Å². The standard InChI is InChI=1S/C15H23N3O/c1-4-18(9-5-8-17(2)3)15-7-6-13(12-19)10-14(15)11-16/h6-7,10,19H,4-5,8-9,12H2,1-3H3. The van der Waals surface area contributed by atoms with Crippen LogP contribution in [0.1, 0.15) is 24.5 Å². The smallest absolute Gasteiger partial charge is 0.101 e. The van der Waals surface area contributed by atoms with E-state index in [1.807, 2.05) is 12.1 Å². The van der Waals surface area contributed by atoms with Crippen molar-refractivity contribution in [2.45, 2.75) is 20.0 Å². The van der Waals surface area contributed by atoms with E-state index in [1.54, 1.807) is 6.07 Å². The second kappa shape index (κ2) is 7.78. The summed E-state index contributed by atoms with van der Waals surface area (Å²) in [4.78, 5) is 4.37.